The highest BCUT2D eigenvalue weighted by atomic mass is 32.2. The number of hydrogen-bond acceptors (Lipinski definition) is 4. The zero-order valence-electron chi connectivity index (χ0n) is 18.1. The molecular weight excluding hydrogens is 405 g/mol. The third-order valence-corrected chi connectivity index (χ3v) is 6.62. The lowest BCUT2D eigenvalue weighted by atomic mass is 9.94. The van der Waals surface area contributed by atoms with Gasteiger partial charge in [-0.25, -0.2) is 4.39 Å². The fourth-order valence-corrected chi connectivity index (χ4v) is 3.90. The van der Waals surface area contributed by atoms with Crippen LogP contribution in [0.1, 0.15) is 40.5 Å². The Hall–Kier alpha value is -2.09. The zero-order chi connectivity index (χ0) is 22.3. The quantitative estimate of drug-likeness (QED) is 0.654. The number of halogens is 1. The van der Waals surface area contributed by atoms with Gasteiger partial charge in [0.1, 0.15) is 5.82 Å². The van der Waals surface area contributed by atoms with Crippen LogP contribution in [-0.4, -0.2) is 52.8 Å². The number of carbonyl (C=O) groups is 3. The Bertz CT molecular complexity index is 734. The topological polar surface area (TPSA) is 78.5 Å². The molecule has 3 amide bonds. The van der Waals surface area contributed by atoms with E-state index in [2.05, 4.69) is 24.5 Å². The van der Waals surface area contributed by atoms with Crippen molar-refractivity contribution in [3.05, 3.63) is 30.1 Å². The van der Waals surface area contributed by atoms with Crippen LogP contribution in [0.4, 0.5) is 10.1 Å². The Labute approximate surface area is 182 Å². The Balaban J connectivity index is 1.73. The molecule has 1 heterocycles. The maximum Gasteiger partial charge on any atom is 0.235 e. The minimum absolute atomic E-state index is 0.0102. The Morgan fingerprint density at radius 2 is 1.70 bits per heavy atom. The molecular formula is C22H32FN3O3S. The summed E-state index contributed by atoms with van der Waals surface area (Å²) in [5.74, 6) is -0.0743. The molecule has 1 fully saturated rings. The highest BCUT2D eigenvalue weighted by molar-refractivity contribution is 8.01. The van der Waals surface area contributed by atoms with Crippen LogP contribution in [0.15, 0.2) is 24.3 Å². The predicted molar refractivity (Wildman–Crippen MR) is 119 cm³/mol. The van der Waals surface area contributed by atoms with Crippen LogP contribution in [0.5, 0.6) is 0 Å². The first-order chi connectivity index (χ1) is 14.2. The number of amides is 3. The molecule has 2 N–H and O–H groups in total. The summed E-state index contributed by atoms with van der Waals surface area (Å²) in [5.41, 5.74) is 0.521. The molecule has 166 valence electrons. The van der Waals surface area contributed by atoms with Gasteiger partial charge in [-0.15, -0.1) is 11.8 Å². The highest BCUT2D eigenvalue weighted by Gasteiger charge is 2.30. The van der Waals surface area contributed by atoms with Gasteiger partial charge in [0.15, 0.2) is 0 Å². The Morgan fingerprint density at radius 1 is 1.10 bits per heavy atom. The van der Waals surface area contributed by atoms with Gasteiger partial charge in [0, 0.05) is 30.7 Å². The number of likely N-dealkylation sites (tertiary alicyclic amines) is 1. The number of rotatable bonds is 8. The number of nitrogens with zero attached hydrogens (tertiary/aromatic N) is 1. The highest BCUT2D eigenvalue weighted by Crippen LogP contribution is 2.22. The standard InChI is InChI=1S/C22H32FN3O3S/c1-14(2)15(3)24-21(28)17-9-11-26(12-10-17)22(29)16(4)30-13-20(27)25-19-7-5-18(23)6-8-19/h5-8,14-17H,9-13H2,1-4H3,(H,24,28)(H,25,27). The van der Waals surface area contributed by atoms with E-state index in [0.717, 1.165) is 0 Å². The summed E-state index contributed by atoms with van der Waals surface area (Å²) in [4.78, 5) is 38.9. The molecule has 0 bridgehead atoms. The van der Waals surface area contributed by atoms with Crippen molar-refractivity contribution in [2.75, 3.05) is 24.2 Å². The molecule has 6 nitrogen and oxygen atoms in total. The minimum atomic E-state index is -0.364. The van der Waals surface area contributed by atoms with Gasteiger partial charge in [0.2, 0.25) is 17.7 Å². The first kappa shape index (κ1) is 24.2. The summed E-state index contributed by atoms with van der Waals surface area (Å²) < 4.78 is 12.9. The van der Waals surface area contributed by atoms with Crippen LogP contribution in [0.25, 0.3) is 0 Å². The summed E-state index contributed by atoms with van der Waals surface area (Å²) in [5, 5.41) is 5.40. The fourth-order valence-electron chi connectivity index (χ4n) is 3.13. The van der Waals surface area contributed by atoms with E-state index in [1.54, 1.807) is 11.8 Å². The average molecular weight is 438 g/mol. The molecule has 8 heteroatoms. The summed E-state index contributed by atoms with van der Waals surface area (Å²) in [6.07, 6.45) is 1.32. The zero-order valence-corrected chi connectivity index (χ0v) is 18.9. The monoisotopic (exact) mass is 437 g/mol. The van der Waals surface area contributed by atoms with E-state index in [-0.39, 0.29) is 46.5 Å². The molecule has 2 rings (SSSR count). The fraction of sp³-hybridized carbons (Fsp3) is 0.591. The van der Waals surface area contributed by atoms with E-state index < -0.39 is 0 Å². The normalized spacial score (nSPS) is 16.8. The molecule has 0 saturated carbocycles. The number of piperidine rings is 1. The first-order valence-electron chi connectivity index (χ1n) is 10.4. The lowest BCUT2D eigenvalue weighted by Gasteiger charge is -2.33. The molecule has 0 spiro atoms. The van der Waals surface area contributed by atoms with Gasteiger partial charge in [0.05, 0.1) is 11.0 Å². The molecule has 1 aliphatic rings. The number of benzene rings is 1. The van der Waals surface area contributed by atoms with Crippen molar-refractivity contribution in [3.8, 4) is 0 Å². The molecule has 1 aromatic rings. The van der Waals surface area contributed by atoms with Gasteiger partial charge in [-0.05, 0) is 56.9 Å². The van der Waals surface area contributed by atoms with Gasteiger partial charge < -0.3 is 15.5 Å². The molecule has 1 aliphatic heterocycles. The van der Waals surface area contributed by atoms with Crippen molar-refractivity contribution >= 4 is 35.2 Å². The summed E-state index contributed by atoms with van der Waals surface area (Å²) in [7, 11) is 0. The lowest BCUT2D eigenvalue weighted by molar-refractivity contribution is -0.135. The summed E-state index contributed by atoms with van der Waals surface area (Å²) in [6.45, 7) is 9.06. The maximum atomic E-state index is 12.9. The third-order valence-electron chi connectivity index (χ3n) is 5.49. The minimum Gasteiger partial charge on any atom is -0.353 e. The van der Waals surface area contributed by atoms with E-state index in [1.807, 2.05) is 6.92 Å². The second-order valence-electron chi connectivity index (χ2n) is 8.15. The number of thioether (sulfide) groups is 1. The molecule has 2 unspecified atom stereocenters. The summed E-state index contributed by atoms with van der Waals surface area (Å²) in [6, 6.07) is 5.68. The van der Waals surface area contributed by atoms with E-state index in [1.165, 1.54) is 36.0 Å². The van der Waals surface area contributed by atoms with Crippen molar-refractivity contribution < 1.29 is 18.8 Å². The van der Waals surface area contributed by atoms with Crippen LogP contribution in [0, 0.1) is 17.7 Å². The lowest BCUT2D eigenvalue weighted by Crippen LogP contribution is -2.47. The SMILES string of the molecule is CC(SCC(=O)Nc1ccc(F)cc1)C(=O)N1CCC(C(=O)NC(C)C(C)C)CC1. The average Bonchev–Trinajstić information content (AvgIpc) is 2.73. The van der Waals surface area contributed by atoms with E-state index in [0.29, 0.717) is 37.5 Å². The predicted octanol–water partition coefficient (Wildman–Crippen LogP) is 3.29. The first-order valence-corrected chi connectivity index (χ1v) is 11.5. The van der Waals surface area contributed by atoms with Crippen LogP contribution >= 0.6 is 11.8 Å². The molecule has 0 aliphatic carbocycles. The van der Waals surface area contributed by atoms with Gasteiger partial charge in [-0.1, -0.05) is 13.8 Å². The molecule has 0 radical (unpaired) electrons. The van der Waals surface area contributed by atoms with E-state index >= 15 is 0 Å². The molecule has 2 atom stereocenters. The summed E-state index contributed by atoms with van der Waals surface area (Å²) >= 11 is 1.27. The van der Waals surface area contributed by atoms with E-state index in [4.69, 9.17) is 0 Å². The van der Waals surface area contributed by atoms with Crippen molar-refractivity contribution in [2.45, 2.75) is 51.8 Å². The van der Waals surface area contributed by atoms with Gasteiger partial charge >= 0.3 is 0 Å². The molecule has 30 heavy (non-hydrogen) atoms. The van der Waals surface area contributed by atoms with Crippen molar-refractivity contribution in [2.24, 2.45) is 11.8 Å². The van der Waals surface area contributed by atoms with Gasteiger partial charge in [-0.2, -0.15) is 0 Å². The van der Waals surface area contributed by atoms with Crippen LogP contribution < -0.4 is 10.6 Å². The third kappa shape index (κ3) is 7.31. The maximum absolute atomic E-state index is 12.9. The smallest absolute Gasteiger partial charge is 0.235 e. The van der Waals surface area contributed by atoms with E-state index in [9.17, 15) is 18.8 Å². The Morgan fingerprint density at radius 3 is 2.27 bits per heavy atom. The second kappa shape index (κ2) is 11.3. The van der Waals surface area contributed by atoms with Crippen LogP contribution in [0.2, 0.25) is 0 Å². The van der Waals surface area contributed by atoms with Crippen LogP contribution in [0.3, 0.4) is 0 Å². The van der Waals surface area contributed by atoms with Gasteiger partial charge in [-0.3, -0.25) is 14.4 Å². The number of anilines is 1. The molecule has 1 saturated heterocycles. The second-order valence-corrected chi connectivity index (χ2v) is 9.48. The number of hydrogen-bond donors (Lipinski definition) is 2. The number of carbonyl (C=O) groups excluding carboxylic acids is 3. The van der Waals surface area contributed by atoms with Crippen molar-refractivity contribution in [1.82, 2.24) is 10.2 Å². The van der Waals surface area contributed by atoms with Crippen molar-refractivity contribution in [3.63, 3.8) is 0 Å². The largest absolute Gasteiger partial charge is 0.353 e. The Kier molecular flexibility index (Phi) is 9.14. The van der Waals surface area contributed by atoms with Crippen LogP contribution in [-0.2, 0) is 14.4 Å². The molecule has 1 aromatic carbocycles. The van der Waals surface area contributed by atoms with Crippen molar-refractivity contribution in [1.29, 1.82) is 0 Å². The molecule has 0 aromatic heterocycles. The van der Waals surface area contributed by atoms with Gasteiger partial charge in [0.25, 0.3) is 0 Å². The number of nitrogens with one attached hydrogen (secondary N) is 2.